The second-order valence-corrected chi connectivity index (χ2v) is 7.72. The summed E-state index contributed by atoms with van der Waals surface area (Å²) >= 11 is 1.17. The predicted octanol–water partition coefficient (Wildman–Crippen LogP) is 2.45. The fourth-order valence-corrected chi connectivity index (χ4v) is 2.72. The highest BCUT2D eigenvalue weighted by Crippen LogP contribution is 2.25. The molecule has 0 aliphatic carbocycles. The van der Waals surface area contributed by atoms with Crippen LogP contribution in [-0.2, 0) is 10.2 Å². The molecule has 0 fully saturated rings. The normalized spacial score (nSPS) is 12.7. The van der Waals surface area contributed by atoms with Crippen molar-refractivity contribution in [3.63, 3.8) is 0 Å². The number of hydrogen-bond acceptors (Lipinski definition) is 7. The third kappa shape index (κ3) is 4.82. The molecule has 7 nitrogen and oxygen atoms in total. The molecule has 24 heavy (non-hydrogen) atoms. The highest BCUT2D eigenvalue weighted by Gasteiger charge is 2.18. The van der Waals surface area contributed by atoms with Crippen LogP contribution in [0.1, 0.15) is 33.3 Å². The van der Waals surface area contributed by atoms with Gasteiger partial charge in [0.1, 0.15) is 0 Å². The maximum absolute atomic E-state index is 12.3. The van der Waals surface area contributed by atoms with E-state index in [-0.39, 0.29) is 23.2 Å². The molecule has 0 bridgehead atoms. The van der Waals surface area contributed by atoms with Gasteiger partial charge in [-0.3, -0.25) is 4.79 Å². The molecule has 1 unspecified atom stereocenters. The second kappa shape index (κ2) is 7.04. The molecule has 8 heteroatoms. The zero-order valence-corrected chi connectivity index (χ0v) is 15.0. The van der Waals surface area contributed by atoms with E-state index < -0.39 is 5.25 Å². The summed E-state index contributed by atoms with van der Waals surface area (Å²) in [7, 11) is 0. The fraction of sp³-hybridized carbons (Fsp3) is 0.375. The maximum Gasteiger partial charge on any atom is 0.237 e. The van der Waals surface area contributed by atoms with Gasteiger partial charge in [-0.2, -0.15) is 15.0 Å². The molecule has 1 aromatic carbocycles. The van der Waals surface area contributed by atoms with Crippen LogP contribution < -0.4 is 16.8 Å². The number of nitrogen functional groups attached to an aromatic ring is 2. The number of carbonyl (C=O) groups is 1. The molecule has 0 spiro atoms. The first-order valence-corrected chi connectivity index (χ1v) is 8.38. The summed E-state index contributed by atoms with van der Waals surface area (Å²) < 4.78 is 0. The minimum atomic E-state index is -0.409. The van der Waals surface area contributed by atoms with Crippen molar-refractivity contribution < 1.29 is 4.79 Å². The van der Waals surface area contributed by atoms with Gasteiger partial charge in [0.2, 0.25) is 17.8 Å². The third-order valence-corrected chi connectivity index (χ3v) is 4.28. The van der Waals surface area contributed by atoms with Gasteiger partial charge in [0.15, 0.2) is 5.16 Å². The Morgan fingerprint density at radius 3 is 2.12 bits per heavy atom. The summed E-state index contributed by atoms with van der Waals surface area (Å²) in [6, 6.07) is 7.82. The van der Waals surface area contributed by atoms with Gasteiger partial charge in [-0.1, -0.05) is 44.7 Å². The van der Waals surface area contributed by atoms with Crippen LogP contribution in [0.4, 0.5) is 17.6 Å². The number of thioether (sulfide) groups is 1. The van der Waals surface area contributed by atoms with E-state index in [9.17, 15) is 4.79 Å². The number of benzene rings is 1. The number of aromatic nitrogens is 3. The minimum absolute atomic E-state index is 0.0374. The third-order valence-electron chi connectivity index (χ3n) is 3.32. The number of nitrogens with one attached hydrogen (secondary N) is 1. The first-order chi connectivity index (χ1) is 11.1. The Bertz CT molecular complexity index is 706. The maximum atomic E-state index is 12.3. The monoisotopic (exact) mass is 346 g/mol. The lowest BCUT2D eigenvalue weighted by Gasteiger charge is -2.19. The summed E-state index contributed by atoms with van der Waals surface area (Å²) in [5, 5.41) is 2.79. The van der Waals surface area contributed by atoms with Crippen molar-refractivity contribution in [1.82, 2.24) is 15.0 Å². The number of nitrogens with two attached hydrogens (primary N) is 2. The van der Waals surface area contributed by atoms with Crippen molar-refractivity contribution in [1.29, 1.82) is 0 Å². The molecular formula is C16H22N6OS. The summed E-state index contributed by atoms with van der Waals surface area (Å²) in [5.41, 5.74) is 13.1. The van der Waals surface area contributed by atoms with E-state index in [0.717, 1.165) is 5.69 Å². The number of rotatable bonds is 4. The van der Waals surface area contributed by atoms with Crippen LogP contribution in [-0.4, -0.2) is 26.1 Å². The van der Waals surface area contributed by atoms with E-state index in [1.54, 1.807) is 6.92 Å². The summed E-state index contributed by atoms with van der Waals surface area (Å²) in [4.78, 5) is 23.9. The molecule has 1 atom stereocenters. The lowest BCUT2D eigenvalue weighted by atomic mass is 9.87. The molecular weight excluding hydrogens is 324 g/mol. The van der Waals surface area contributed by atoms with Gasteiger partial charge in [-0.25, -0.2) is 0 Å². The first kappa shape index (κ1) is 18.0. The van der Waals surface area contributed by atoms with Crippen molar-refractivity contribution in [2.45, 2.75) is 43.5 Å². The van der Waals surface area contributed by atoms with Gasteiger partial charge < -0.3 is 16.8 Å². The predicted molar refractivity (Wildman–Crippen MR) is 97.7 cm³/mol. The van der Waals surface area contributed by atoms with Crippen molar-refractivity contribution in [3.05, 3.63) is 29.8 Å². The molecule has 5 N–H and O–H groups in total. The molecule has 0 saturated carbocycles. The number of anilines is 3. The average molecular weight is 346 g/mol. The highest BCUT2D eigenvalue weighted by molar-refractivity contribution is 8.00. The topological polar surface area (TPSA) is 120 Å². The van der Waals surface area contributed by atoms with Crippen molar-refractivity contribution in [2.24, 2.45) is 0 Å². The molecule has 0 saturated heterocycles. The van der Waals surface area contributed by atoms with Gasteiger partial charge >= 0.3 is 0 Å². The Labute approximate surface area is 145 Å². The second-order valence-electron chi connectivity index (χ2n) is 6.41. The molecule has 0 aliphatic rings. The Morgan fingerprint density at radius 2 is 1.62 bits per heavy atom. The van der Waals surface area contributed by atoms with Crippen LogP contribution >= 0.6 is 11.8 Å². The molecule has 1 amide bonds. The number of amides is 1. The van der Waals surface area contributed by atoms with E-state index in [1.807, 2.05) is 24.3 Å². The van der Waals surface area contributed by atoms with E-state index in [2.05, 4.69) is 41.0 Å². The van der Waals surface area contributed by atoms with Gasteiger partial charge in [0.05, 0.1) is 5.25 Å². The smallest absolute Gasteiger partial charge is 0.237 e. The van der Waals surface area contributed by atoms with Gasteiger partial charge in [0.25, 0.3) is 0 Å². The van der Waals surface area contributed by atoms with Crippen molar-refractivity contribution >= 4 is 35.3 Å². The van der Waals surface area contributed by atoms with Crippen LogP contribution in [0.2, 0.25) is 0 Å². The summed E-state index contributed by atoms with van der Waals surface area (Å²) in [6.45, 7) is 8.20. The SMILES string of the molecule is CC(Sc1nc(N)nc(N)n1)C(=O)Nc1ccc(C(C)(C)C)cc1. The lowest BCUT2D eigenvalue weighted by molar-refractivity contribution is -0.115. The first-order valence-electron chi connectivity index (χ1n) is 7.50. The Morgan fingerprint density at radius 1 is 1.08 bits per heavy atom. The van der Waals surface area contributed by atoms with Crippen molar-refractivity contribution in [3.8, 4) is 0 Å². The molecule has 128 valence electrons. The quantitative estimate of drug-likeness (QED) is 0.727. The average Bonchev–Trinajstić information content (AvgIpc) is 2.45. The van der Waals surface area contributed by atoms with E-state index in [0.29, 0.717) is 5.16 Å². The molecule has 1 heterocycles. The van der Waals surface area contributed by atoms with Crippen LogP contribution in [0.3, 0.4) is 0 Å². The van der Waals surface area contributed by atoms with Crippen LogP contribution in [0, 0.1) is 0 Å². The lowest BCUT2D eigenvalue weighted by Crippen LogP contribution is -2.23. The van der Waals surface area contributed by atoms with E-state index >= 15 is 0 Å². The number of nitrogens with zero attached hydrogens (tertiary/aromatic N) is 3. The van der Waals surface area contributed by atoms with Crippen LogP contribution in [0.25, 0.3) is 0 Å². The Kier molecular flexibility index (Phi) is 5.28. The van der Waals surface area contributed by atoms with Crippen LogP contribution in [0.15, 0.2) is 29.4 Å². The largest absolute Gasteiger partial charge is 0.368 e. The van der Waals surface area contributed by atoms with Crippen molar-refractivity contribution in [2.75, 3.05) is 16.8 Å². The van der Waals surface area contributed by atoms with Crippen LogP contribution in [0.5, 0.6) is 0 Å². The minimum Gasteiger partial charge on any atom is -0.368 e. The standard InChI is InChI=1S/C16H22N6OS/c1-9(24-15-21-13(17)20-14(18)22-15)12(23)19-11-7-5-10(6-8-11)16(2,3)4/h5-9H,1-4H3,(H,19,23)(H4,17,18,20,21,22). The highest BCUT2D eigenvalue weighted by atomic mass is 32.2. The molecule has 1 aromatic heterocycles. The van der Waals surface area contributed by atoms with Gasteiger partial charge in [-0.15, -0.1) is 0 Å². The molecule has 2 rings (SSSR count). The fourth-order valence-electron chi connectivity index (χ4n) is 1.95. The van der Waals surface area contributed by atoms with E-state index in [4.69, 9.17) is 11.5 Å². The molecule has 0 aliphatic heterocycles. The summed E-state index contributed by atoms with van der Waals surface area (Å²) in [6.07, 6.45) is 0. The number of carbonyl (C=O) groups excluding carboxylic acids is 1. The number of hydrogen-bond donors (Lipinski definition) is 3. The molecule has 0 radical (unpaired) electrons. The van der Waals surface area contributed by atoms with Gasteiger partial charge in [-0.05, 0) is 30.0 Å². The summed E-state index contributed by atoms with van der Waals surface area (Å²) in [5.74, 6) is -0.0770. The molecule has 2 aromatic rings. The Hall–Kier alpha value is -2.35. The van der Waals surface area contributed by atoms with E-state index in [1.165, 1.54) is 17.3 Å². The van der Waals surface area contributed by atoms with Gasteiger partial charge in [0, 0.05) is 5.69 Å². The zero-order chi connectivity index (χ0) is 17.9. The zero-order valence-electron chi connectivity index (χ0n) is 14.2. The Balaban J connectivity index is 2.01.